The molecule has 2 aromatic heterocycles. The number of hydrogen-bond acceptors (Lipinski definition) is 5. The zero-order valence-corrected chi connectivity index (χ0v) is 10.8. The van der Waals surface area contributed by atoms with Crippen molar-refractivity contribution >= 4 is 0 Å². The fraction of sp³-hybridized carbons (Fsp3) is 0.357. The summed E-state index contributed by atoms with van der Waals surface area (Å²) in [6.07, 6.45) is 3.57. The van der Waals surface area contributed by atoms with Gasteiger partial charge < -0.3 is 10.1 Å². The third-order valence-corrected chi connectivity index (χ3v) is 3.06. The lowest BCUT2D eigenvalue weighted by Crippen LogP contribution is -2.35. The van der Waals surface area contributed by atoms with Crippen LogP contribution in [-0.4, -0.2) is 34.7 Å². The Kier molecular flexibility index (Phi) is 3.48. The Morgan fingerprint density at radius 3 is 3.05 bits per heavy atom. The molecule has 2 aromatic rings. The molecular weight excluding hydrogens is 240 g/mol. The maximum Gasteiger partial charge on any atom is 0.148 e. The van der Waals surface area contributed by atoms with Gasteiger partial charge >= 0.3 is 0 Å². The monoisotopic (exact) mass is 256 g/mol. The SMILES string of the molecule is Cc1cc(-c2cccnc2)nc(C2COCCN2)n1. The first-order valence-electron chi connectivity index (χ1n) is 6.40. The van der Waals surface area contributed by atoms with E-state index < -0.39 is 0 Å². The Morgan fingerprint density at radius 1 is 1.37 bits per heavy atom. The number of nitrogens with zero attached hydrogens (tertiary/aromatic N) is 3. The lowest BCUT2D eigenvalue weighted by Gasteiger charge is -2.23. The van der Waals surface area contributed by atoms with Crippen LogP contribution in [0.4, 0.5) is 0 Å². The molecule has 3 heterocycles. The van der Waals surface area contributed by atoms with Gasteiger partial charge in [-0.05, 0) is 25.1 Å². The molecule has 1 aliphatic heterocycles. The molecule has 1 unspecified atom stereocenters. The van der Waals surface area contributed by atoms with Crippen molar-refractivity contribution < 1.29 is 4.74 Å². The second-order valence-corrected chi connectivity index (χ2v) is 4.58. The first-order chi connectivity index (χ1) is 9.33. The number of rotatable bonds is 2. The average Bonchev–Trinajstić information content (AvgIpc) is 2.48. The van der Waals surface area contributed by atoms with Crippen LogP contribution in [0, 0.1) is 6.92 Å². The number of ether oxygens (including phenoxy) is 1. The molecule has 0 spiro atoms. The van der Waals surface area contributed by atoms with E-state index >= 15 is 0 Å². The number of aromatic nitrogens is 3. The Labute approximate surface area is 112 Å². The molecule has 3 rings (SSSR count). The maximum atomic E-state index is 5.47. The number of nitrogens with one attached hydrogen (secondary N) is 1. The van der Waals surface area contributed by atoms with E-state index in [0.717, 1.165) is 35.9 Å². The van der Waals surface area contributed by atoms with Crippen molar-refractivity contribution in [3.8, 4) is 11.3 Å². The Bertz CT molecular complexity index is 553. The molecule has 19 heavy (non-hydrogen) atoms. The Balaban J connectivity index is 1.96. The van der Waals surface area contributed by atoms with Crippen molar-refractivity contribution in [3.63, 3.8) is 0 Å². The van der Waals surface area contributed by atoms with Crippen LogP contribution in [-0.2, 0) is 4.74 Å². The molecule has 1 N–H and O–H groups in total. The van der Waals surface area contributed by atoms with E-state index in [1.807, 2.05) is 31.3 Å². The van der Waals surface area contributed by atoms with Gasteiger partial charge in [0, 0.05) is 30.2 Å². The normalized spacial score (nSPS) is 19.3. The first-order valence-corrected chi connectivity index (χ1v) is 6.40. The van der Waals surface area contributed by atoms with Crippen LogP contribution in [0.5, 0.6) is 0 Å². The largest absolute Gasteiger partial charge is 0.378 e. The van der Waals surface area contributed by atoms with Gasteiger partial charge in [0.25, 0.3) is 0 Å². The van der Waals surface area contributed by atoms with Crippen molar-refractivity contribution in [1.29, 1.82) is 0 Å². The van der Waals surface area contributed by atoms with Gasteiger partial charge in [-0.3, -0.25) is 4.98 Å². The van der Waals surface area contributed by atoms with Gasteiger partial charge in [0.1, 0.15) is 5.82 Å². The predicted molar refractivity (Wildman–Crippen MR) is 71.6 cm³/mol. The van der Waals surface area contributed by atoms with E-state index in [4.69, 9.17) is 4.74 Å². The van der Waals surface area contributed by atoms with Crippen molar-refractivity contribution in [2.75, 3.05) is 19.8 Å². The fourth-order valence-electron chi connectivity index (χ4n) is 2.14. The minimum absolute atomic E-state index is 0.0732. The minimum atomic E-state index is 0.0732. The number of aryl methyl sites for hydroxylation is 1. The van der Waals surface area contributed by atoms with Crippen LogP contribution in [0.1, 0.15) is 17.6 Å². The molecule has 0 amide bonds. The highest BCUT2D eigenvalue weighted by Gasteiger charge is 2.19. The van der Waals surface area contributed by atoms with Gasteiger partial charge in [0.05, 0.1) is 24.9 Å². The van der Waals surface area contributed by atoms with Crippen LogP contribution < -0.4 is 5.32 Å². The van der Waals surface area contributed by atoms with Gasteiger partial charge in [-0.25, -0.2) is 9.97 Å². The summed E-state index contributed by atoms with van der Waals surface area (Å²) >= 11 is 0. The molecule has 98 valence electrons. The highest BCUT2D eigenvalue weighted by atomic mass is 16.5. The summed E-state index contributed by atoms with van der Waals surface area (Å²) in [5.41, 5.74) is 2.87. The summed E-state index contributed by atoms with van der Waals surface area (Å²) in [5.74, 6) is 0.790. The second kappa shape index (κ2) is 5.42. The molecule has 0 radical (unpaired) electrons. The van der Waals surface area contributed by atoms with Gasteiger partial charge in [-0.1, -0.05) is 0 Å². The molecule has 0 aromatic carbocycles. The van der Waals surface area contributed by atoms with Crippen molar-refractivity contribution in [1.82, 2.24) is 20.3 Å². The third kappa shape index (κ3) is 2.77. The average molecular weight is 256 g/mol. The molecule has 1 saturated heterocycles. The van der Waals surface area contributed by atoms with E-state index in [1.165, 1.54) is 0 Å². The fourth-order valence-corrected chi connectivity index (χ4v) is 2.14. The third-order valence-electron chi connectivity index (χ3n) is 3.06. The van der Waals surface area contributed by atoms with E-state index in [2.05, 4.69) is 20.3 Å². The molecule has 0 aliphatic carbocycles. The predicted octanol–water partition coefficient (Wildman–Crippen LogP) is 1.51. The lowest BCUT2D eigenvalue weighted by atomic mass is 10.1. The van der Waals surface area contributed by atoms with Crippen LogP contribution in [0.15, 0.2) is 30.6 Å². The number of morpholine rings is 1. The molecule has 5 nitrogen and oxygen atoms in total. The topological polar surface area (TPSA) is 59.9 Å². The molecular formula is C14H16N4O. The summed E-state index contributed by atoms with van der Waals surface area (Å²) in [7, 11) is 0. The molecule has 1 aliphatic rings. The standard InChI is InChI=1S/C14H16N4O/c1-10-7-12(11-3-2-4-15-8-11)18-14(17-10)13-9-19-6-5-16-13/h2-4,7-8,13,16H,5-6,9H2,1H3. The highest BCUT2D eigenvalue weighted by Crippen LogP contribution is 2.19. The van der Waals surface area contributed by atoms with Crippen LogP contribution >= 0.6 is 0 Å². The summed E-state index contributed by atoms with van der Waals surface area (Å²) in [6, 6.07) is 5.96. The van der Waals surface area contributed by atoms with Gasteiger partial charge in [-0.2, -0.15) is 0 Å². The van der Waals surface area contributed by atoms with Gasteiger partial charge in [-0.15, -0.1) is 0 Å². The van der Waals surface area contributed by atoms with Gasteiger partial charge in [0.15, 0.2) is 0 Å². The summed E-state index contributed by atoms with van der Waals surface area (Å²) in [5, 5.41) is 3.38. The van der Waals surface area contributed by atoms with E-state index in [-0.39, 0.29) is 6.04 Å². The van der Waals surface area contributed by atoms with Crippen LogP contribution in [0.3, 0.4) is 0 Å². The molecule has 0 saturated carbocycles. The highest BCUT2D eigenvalue weighted by molar-refractivity contribution is 5.57. The maximum absolute atomic E-state index is 5.47. The first kappa shape index (κ1) is 12.2. The van der Waals surface area contributed by atoms with E-state index in [9.17, 15) is 0 Å². The summed E-state index contributed by atoms with van der Waals surface area (Å²) < 4.78 is 5.47. The number of pyridine rings is 1. The van der Waals surface area contributed by atoms with Crippen molar-refractivity contribution in [2.45, 2.75) is 13.0 Å². The zero-order valence-electron chi connectivity index (χ0n) is 10.8. The smallest absolute Gasteiger partial charge is 0.148 e. The molecule has 0 bridgehead atoms. The second-order valence-electron chi connectivity index (χ2n) is 4.58. The summed E-state index contributed by atoms with van der Waals surface area (Å²) in [6.45, 7) is 4.19. The van der Waals surface area contributed by atoms with Crippen molar-refractivity contribution in [3.05, 3.63) is 42.1 Å². The van der Waals surface area contributed by atoms with E-state index in [1.54, 1.807) is 6.20 Å². The zero-order chi connectivity index (χ0) is 13.1. The quantitative estimate of drug-likeness (QED) is 0.882. The summed E-state index contributed by atoms with van der Waals surface area (Å²) in [4.78, 5) is 13.3. The lowest BCUT2D eigenvalue weighted by molar-refractivity contribution is 0.0742. The Morgan fingerprint density at radius 2 is 2.32 bits per heavy atom. The molecule has 5 heteroatoms. The van der Waals surface area contributed by atoms with Gasteiger partial charge in [0.2, 0.25) is 0 Å². The van der Waals surface area contributed by atoms with E-state index in [0.29, 0.717) is 6.61 Å². The van der Waals surface area contributed by atoms with Crippen molar-refractivity contribution in [2.24, 2.45) is 0 Å². The minimum Gasteiger partial charge on any atom is -0.378 e. The molecule has 1 atom stereocenters. The van der Waals surface area contributed by atoms with Crippen LogP contribution in [0.25, 0.3) is 11.3 Å². The van der Waals surface area contributed by atoms with Crippen LogP contribution in [0.2, 0.25) is 0 Å². The Hall–Kier alpha value is -1.85. The molecule has 1 fully saturated rings. The number of hydrogen-bond donors (Lipinski definition) is 1.